The normalized spacial score (nSPS) is 13.7. The number of carbonyl (C=O) groups is 1. The van der Waals surface area contributed by atoms with Crippen LogP contribution in [0.4, 0.5) is 0 Å². The number of hydrogen-bond donors (Lipinski definition) is 1. The second kappa shape index (κ2) is 10.5. The molecule has 0 fully saturated rings. The molecular weight excluding hydrogens is 460 g/mol. The molecule has 1 N–H and O–H groups in total. The summed E-state index contributed by atoms with van der Waals surface area (Å²) in [6.45, 7) is 7.98. The SMILES string of the molecule is CCn1c(SCC(=O)NC(c2ccc3c(c2)OCCO3)C(C)C)nnc1-c1ccc(Cl)cc1. The fourth-order valence-electron chi connectivity index (χ4n) is 3.73. The lowest BCUT2D eigenvalue weighted by Gasteiger charge is -2.25. The van der Waals surface area contributed by atoms with Crippen LogP contribution >= 0.6 is 23.4 Å². The van der Waals surface area contributed by atoms with E-state index in [2.05, 4.69) is 29.4 Å². The first-order chi connectivity index (χ1) is 16.0. The molecule has 2 heterocycles. The van der Waals surface area contributed by atoms with E-state index in [1.54, 1.807) is 0 Å². The highest BCUT2D eigenvalue weighted by atomic mass is 35.5. The van der Waals surface area contributed by atoms with Gasteiger partial charge in [0.1, 0.15) is 13.2 Å². The summed E-state index contributed by atoms with van der Waals surface area (Å²) >= 11 is 7.38. The summed E-state index contributed by atoms with van der Waals surface area (Å²) in [5.74, 6) is 2.61. The number of nitrogens with one attached hydrogen (secondary N) is 1. The van der Waals surface area contributed by atoms with E-state index >= 15 is 0 Å². The summed E-state index contributed by atoms with van der Waals surface area (Å²) in [5, 5.41) is 13.2. The smallest absolute Gasteiger partial charge is 0.230 e. The first-order valence-electron chi connectivity index (χ1n) is 11.0. The molecule has 0 radical (unpaired) electrons. The third kappa shape index (κ3) is 5.45. The average Bonchev–Trinajstić information content (AvgIpc) is 3.24. The lowest BCUT2D eigenvalue weighted by atomic mass is 9.95. The second-order valence-corrected chi connectivity index (χ2v) is 9.42. The molecule has 0 saturated heterocycles. The van der Waals surface area contributed by atoms with Crippen molar-refractivity contribution in [3.05, 3.63) is 53.1 Å². The molecule has 0 spiro atoms. The van der Waals surface area contributed by atoms with Gasteiger partial charge in [-0.1, -0.05) is 43.3 Å². The molecule has 1 aromatic heterocycles. The zero-order valence-electron chi connectivity index (χ0n) is 18.9. The van der Waals surface area contributed by atoms with Crippen LogP contribution in [0.2, 0.25) is 5.02 Å². The van der Waals surface area contributed by atoms with Crippen molar-refractivity contribution in [2.45, 2.75) is 38.5 Å². The zero-order valence-corrected chi connectivity index (χ0v) is 20.4. The minimum Gasteiger partial charge on any atom is -0.486 e. The van der Waals surface area contributed by atoms with Gasteiger partial charge in [0.2, 0.25) is 5.91 Å². The van der Waals surface area contributed by atoms with Gasteiger partial charge in [-0.3, -0.25) is 4.79 Å². The molecule has 7 nitrogen and oxygen atoms in total. The molecule has 0 aliphatic carbocycles. The van der Waals surface area contributed by atoms with Gasteiger partial charge in [-0.25, -0.2) is 0 Å². The van der Waals surface area contributed by atoms with Crippen LogP contribution in [-0.2, 0) is 11.3 Å². The lowest BCUT2D eigenvalue weighted by molar-refractivity contribution is -0.119. The quantitative estimate of drug-likeness (QED) is 0.452. The molecule has 33 heavy (non-hydrogen) atoms. The topological polar surface area (TPSA) is 78.3 Å². The summed E-state index contributed by atoms with van der Waals surface area (Å²) in [5.41, 5.74) is 1.93. The number of halogens is 1. The number of ether oxygens (including phenoxy) is 2. The Morgan fingerprint density at radius 1 is 1.12 bits per heavy atom. The molecule has 0 bridgehead atoms. The van der Waals surface area contributed by atoms with E-state index in [9.17, 15) is 4.79 Å². The Morgan fingerprint density at radius 2 is 1.85 bits per heavy atom. The number of thioether (sulfide) groups is 1. The maximum absolute atomic E-state index is 12.8. The second-order valence-electron chi connectivity index (χ2n) is 8.04. The van der Waals surface area contributed by atoms with Gasteiger partial charge >= 0.3 is 0 Å². The van der Waals surface area contributed by atoms with E-state index in [1.165, 1.54) is 11.8 Å². The standard InChI is InChI=1S/C24H27ClN4O3S/c1-4-29-23(16-5-8-18(25)9-6-16)27-28-24(29)33-14-21(30)26-22(15(2)3)17-7-10-19-20(13-17)32-12-11-31-19/h5-10,13,15,22H,4,11-12,14H2,1-3H3,(H,26,30). The predicted octanol–water partition coefficient (Wildman–Crippen LogP) is 5.00. The first-order valence-corrected chi connectivity index (χ1v) is 12.3. The van der Waals surface area contributed by atoms with Gasteiger partial charge in [0.25, 0.3) is 0 Å². The van der Waals surface area contributed by atoms with Crippen molar-refractivity contribution in [1.82, 2.24) is 20.1 Å². The zero-order chi connectivity index (χ0) is 23.4. The fraction of sp³-hybridized carbons (Fsp3) is 0.375. The van der Waals surface area contributed by atoms with Crippen LogP contribution in [0.1, 0.15) is 32.4 Å². The third-order valence-electron chi connectivity index (χ3n) is 5.38. The van der Waals surface area contributed by atoms with Gasteiger partial charge < -0.3 is 19.4 Å². The van der Waals surface area contributed by atoms with Crippen molar-refractivity contribution in [3.8, 4) is 22.9 Å². The summed E-state index contributed by atoms with van der Waals surface area (Å²) in [6, 6.07) is 13.2. The molecule has 1 amide bonds. The van der Waals surface area contributed by atoms with E-state index < -0.39 is 0 Å². The Hall–Kier alpha value is -2.71. The van der Waals surface area contributed by atoms with Crippen molar-refractivity contribution in [3.63, 3.8) is 0 Å². The van der Waals surface area contributed by atoms with Gasteiger partial charge in [-0.05, 0) is 54.8 Å². The van der Waals surface area contributed by atoms with Gasteiger partial charge in [0.15, 0.2) is 22.5 Å². The molecular formula is C24H27ClN4O3S. The largest absolute Gasteiger partial charge is 0.486 e. The highest BCUT2D eigenvalue weighted by Gasteiger charge is 2.22. The highest BCUT2D eigenvalue weighted by molar-refractivity contribution is 7.99. The summed E-state index contributed by atoms with van der Waals surface area (Å²) in [7, 11) is 0. The Morgan fingerprint density at radius 3 is 2.55 bits per heavy atom. The van der Waals surface area contributed by atoms with Crippen LogP contribution in [0.3, 0.4) is 0 Å². The van der Waals surface area contributed by atoms with Crippen LogP contribution in [0.5, 0.6) is 11.5 Å². The molecule has 1 atom stereocenters. The Balaban J connectivity index is 1.43. The number of fused-ring (bicyclic) bond motifs is 1. The molecule has 4 rings (SSSR count). The number of aromatic nitrogens is 3. The monoisotopic (exact) mass is 486 g/mol. The van der Waals surface area contributed by atoms with E-state index in [0.717, 1.165) is 28.5 Å². The maximum Gasteiger partial charge on any atom is 0.230 e. The van der Waals surface area contributed by atoms with Crippen LogP contribution in [0, 0.1) is 5.92 Å². The van der Waals surface area contributed by atoms with E-state index in [0.29, 0.717) is 29.9 Å². The molecule has 1 unspecified atom stereocenters. The molecule has 1 aliphatic heterocycles. The minimum atomic E-state index is -0.136. The van der Waals surface area contributed by atoms with Crippen LogP contribution in [0.15, 0.2) is 47.6 Å². The molecule has 2 aromatic carbocycles. The molecule has 0 saturated carbocycles. The number of benzene rings is 2. The van der Waals surface area contributed by atoms with Crippen LogP contribution < -0.4 is 14.8 Å². The molecule has 174 valence electrons. The van der Waals surface area contributed by atoms with Gasteiger partial charge in [0, 0.05) is 17.1 Å². The number of hydrogen-bond acceptors (Lipinski definition) is 6. The third-order valence-corrected chi connectivity index (χ3v) is 6.60. The van der Waals surface area contributed by atoms with Crippen molar-refractivity contribution in [2.75, 3.05) is 19.0 Å². The first kappa shape index (κ1) is 23.4. The maximum atomic E-state index is 12.8. The molecule has 9 heteroatoms. The Labute approximate surface area is 202 Å². The van der Waals surface area contributed by atoms with Gasteiger partial charge in [-0.2, -0.15) is 0 Å². The lowest BCUT2D eigenvalue weighted by Crippen LogP contribution is -2.33. The number of amides is 1. The molecule has 1 aliphatic rings. The van der Waals surface area contributed by atoms with Crippen molar-refractivity contribution in [2.24, 2.45) is 5.92 Å². The van der Waals surface area contributed by atoms with Gasteiger partial charge in [0.05, 0.1) is 11.8 Å². The van der Waals surface area contributed by atoms with Crippen molar-refractivity contribution >= 4 is 29.3 Å². The average molecular weight is 487 g/mol. The number of nitrogens with zero attached hydrogens (tertiary/aromatic N) is 3. The van der Waals surface area contributed by atoms with Crippen LogP contribution in [0.25, 0.3) is 11.4 Å². The predicted molar refractivity (Wildman–Crippen MR) is 130 cm³/mol. The summed E-state index contributed by atoms with van der Waals surface area (Å²) in [6.07, 6.45) is 0. The Kier molecular flexibility index (Phi) is 7.45. The van der Waals surface area contributed by atoms with Crippen LogP contribution in [-0.4, -0.2) is 39.6 Å². The van der Waals surface area contributed by atoms with Gasteiger partial charge in [-0.15, -0.1) is 10.2 Å². The van der Waals surface area contributed by atoms with Crippen molar-refractivity contribution < 1.29 is 14.3 Å². The minimum absolute atomic E-state index is 0.0627. The van der Waals surface area contributed by atoms with Crippen molar-refractivity contribution in [1.29, 1.82) is 0 Å². The fourth-order valence-corrected chi connectivity index (χ4v) is 4.67. The Bertz CT molecular complexity index is 1120. The number of carbonyl (C=O) groups excluding carboxylic acids is 1. The number of rotatable bonds is 8. The van der Waals surface area contributed by atoms with E-state index in [4.69, 9.17) is 21.1 Å². The van der Waals surface area contributed by atoms with E-state index in [-0.39, 0.29) is 23.6 Å². The highest BCUT2D eigenvalue weighted by Crippen LogP contribution is 2.34. The molecule has 3 aromatic rings. The summed E-state index contributed by atoms with van der Waals surface area (Å²) in [4.78, 5) is 12.8. The van der Waals surface area contributed by atoms with E-state index in [1.807, 2.05) is 54.0 Å². The summed E-state index contributed by atoms with van der Waals surface area (Å²) < 4.78 is 13.3.